The van der Waals surface area contributed by atoms with Crippen LogP contribution in [0.1, 0.15) is 31.4 Å². The maximum atomic E-state index is 12.0. The quantitative estimate of drug-likeness (QED) is 0.836. The fraction of sp³-hybridized carbons (Fsp3) is 0.632. The highest BCUT2D eigenvalue weighted by atomic mass is 16.6. The van der Waals surface area contributed by atoms with Crippen molar-refractivity contribution < 1.29 is 19.0 Å². The van der Waals surface area contributed by atoms with Gasteiger partial charge < -0.3 is 19.9 Å². The molecule has 1 aromatic rings. The zero-order valence-corrected chi connectivity index (χ0v) is 14.9. The van der Waals surface area contributed by atoms with Crippen molar-refractivity contribution in [3.63, 3.8) is 0 Å². The SMILES string of the molecule is CCCOC1COCC(N)C(=O)OC(C)C1Cc1ccc(C)cc1. The summed E-state index contributed by atoms with van der Waals surface area (Å²) in [4.78, 5) is 12.0. The Kier molecular flexibility index (Phi) is 7.21. The molecule has 0 radical (unpaired) electrons. The number of hydrogen-bond acceptors (Lipinski definition) is 5. The third-order valence-electron chi connectivity index (χ3n) is 4.39. The van der Waals surface area contributed by atoms with Gasteiger partial charge in [0, 0.05) is 12.5 Å². The van der Waals surface area contributed by atoms with Crippen molar-refractivity contribution in [1.29, 1.82) is 0 Å². The molecule has 1 fully saturated rings. The van der Waals surface area contributed by atoms with E-state index in [0.29, 0.717) is 13.2 Å². The van der Waals surface area contributed by atoms with Crippen LogP contribution in [0.4, 0.5) is 0 Å². The van der Waals surface area contributed by atoms with E-state index in [4.69, 9.17) is 19.9 Å². The van der Waals surface area contributed by atoms with Crippen LogP contribution in [0.15, 0.2) is 24.3 Å². The predicted molar refractivity (Wildman–Crippen MR) is 92.8 cm³/mol. The summed E-state index contributed by atoms with van der Waals surface area (Å²) < 4.78 is 17.2. The number of carbonyl (C=O) groups excluding carboxylic acids is 1. The molecule has 2 rings (SSSR count). The molecule has 0 amide bonds. The second-order valence-electron chi connectivity index (χ2n) is 6.55. The van der Waals surface area contributed by atoms with E-state index in [-0.39, 0.29) is 24.7 Å². The highest BCUT2D eigenvalue weighted by molar-refractivity contribution is 5.75. The van der Waals surface area contributed by atoms with Crippen LogP contribution in [-0.2, 0) is 25.4 Å². The van der Waals surface area contributed by atoms with Gasteiger partial charge in [-0.15, -0.1) is 0 Å². The van der Waals surface area contributed by atoms with Gasteiger partial charge in [0.05, 0.1) is 19.3 Å². The molecule has 24 heavy (non-hydrogen) atoms. The second-order valence-corrected chi connectivity index (χ2v) is 6.55. The van der Waals surface area contributed by atoms with Gasteiger partial charge in [-0.3, -0.25) is 4.79 Å². The summed E-state index contributed by atoms with van der Waals surface area (Å²) in [5, 5.41) is 0. The van der Waals surface area contributed by atoms with Crippen molar-refractivity contribution in [2.24, 2.45) is 11.7 Å². The minimum Gasteiger partial charge on any atom is -0.461 e. The van der Waals surface area contributed by atoms with Crippen molar-refractivity contribution in [1.82, 2.24) is 0 Å². The van der Waals surface area contributed by atoms with Gasteiger partial charge >= 0.3 is 5.97 Å². The Bertz CT molecular complexity index is 517. The summed E-state index contributed by atoms with van der Waals surface area (Å²) >= 11 is 0. The van der Waals surface area contributed by atoms with E-state index in [2.05, 4.69) is 38.1 Å². The lowest BCUT2D eigenvalue weighted by molar-refractivity contribution is -0.154. The number of nitrogens with two attached hydrogens (primary N) is 1. The lowest BCUT2D eigenvalue weighted by Crippen LogP contribution is -2.40. The van der Waals surface area contributed by atoms with Crippen LogP contribution in [0.5, 0.6) is 0 Å². The van der Waals surface area contributed by atoms with E-state index in [1.54, 1.807) is 0 Å². The topological polar surface area (TPSA) is 70.8 Å². The van der Waals surface area contributed by atoms with Crippen LogP contribution in [0, 0.1) is 12.8 Å². The summed E-state index contributed by atoms with van der Waals surface area (Å²) in [6, 6.07) is 7.67. The van der Waals surface area contributed by atoms with Crippen LogP contribution in [0.2, 0.25) is 0 Å². The predicted octanol–water partition coefficient (Wildman–Crippen LogP) is 2.24. The van der Waals surface area contributed by atoms with Crippen LogP contribution in [-0.4, -0.2) is 44.0 Å². The molecule has 0 saturated carbocycles. The maximum Gasteiger partial charge on any atom is 0.325 e. The Morgan fingerprint density at radius 1 is 1.25 bits per heavy atom. The van der Waals surface area contributed by atoms with Gasteiger partial charge in [-0.25, -0.2) is 0 Å². The Morgan fingerprint density at radius 3 is 2.62 bits per heavy atom. The molecule has 1 saturated heterocycles. The maximum absolute atomic E-state index is 12.0. The molecule has 0 aliphatic carbocycles. The average molecular weight is 335 g/mol. The van der Waals surface area contributed by atoms with E-state index in [1.807, 2.05) is 6.92 Å². The number of benzene rings is 1. The number of aryl methyl sites for hydroxylation is 1. The van der Waals surface area contributed by atoms with Crippen LogP contribution < -0.4 is 5.73 Å². The first-order chi connectivity index (χ1) is 11.5. The van der Waals surface area contributed by atoms with Gasteiger partial charge in [0.1, 0.15) is 12.1 Å². The fourth-order valence-electron chi connectivity index (χ4n) is 2.90. The Morgan fingerprint density at radius 2 is 1.96 bits per heavy atom. The molecule has 0 aromatic heterocycles. The van der Waals surface area contributed by atoms with Gasteiger partial charge in [-0.1, -0.05) is 36.8 Å². The Hall–Kier alpha value is -1.43. The van der Waals surface area contributed by atoms with E-state index in [9.17, 15) is 4.79 Å². The molecule has 4 atom stereocenters. The van der Waals surface area contributed by atoms with Crippen molar-refractivity contribution in [3.05, 3.63) is 35.4 Å². The molecule has 5 heteroatoms. The van der Waals surface area contributed by atoms with Gasteiger partial charge in [-0.2, -0.15) is 0 Å². The number of carbonyl (C=O) groups is 1. The lowest BCUT2D eigenvalue weighted by atomic mass is 9.89. The Labute approximate surface area is 144 Å². The van der Waals surface area contributed by atoms with Crippen molar-refractivity contribution in [3.8, 4) is 0 Å². The number of ether oxygens (including phenoxy) is 3. The number of cyclic esters (lactones) is 1. The fourth-order valence-corrected chi connectivity index (χ4v) is 2.90. The molecule has 0 bridgehead atoms. The lowest BCUT2D eigenvalue weighted by Gasteiger charge is -2.30. The normalized spacial score (nSPS) is 28.6. The van der Waals surface area contributed by atoms with Crippen molar-refractivity contribution >= 4 is 5.97 Å². The first kappa shape index (κ1) is 18.9. The Balaban J connectivity index is 2.19. The van der Waals surface area contributed by atoms with E-state index < -0.39 is 12.0 Å². The smallest absolute Gasteiger partial charge is 0.325 e. The second kappa shape index (κ2) is 9.16. The molecular weight excluding hydrogens is 306 g/mol. The van der Waals surface area contributed by atoms with E-state index in [1.165, 1.54) is 11.1 Å². The largest absolute Gasteiger partial charge is 0.461 e. The van der Waals surface area contributed by atoms with Crippen LogP contribution in [0.3, 0.4) is 0 Å². The first-order valence-electron chi connectivity index (χ1n) is 8.72. The molecule has 2 N–H and O–H groups in total. The first-order valence-corrected chi connectivity index (χ1v) is 8.72. The zero-order valence-electron chi connectivity index (χ0n) is 14.9. The standard InChI is InChI=1S/C19H29NO4/c1-4-9-23-18-12-22-11-17(20)19(21)24-14(3)16(18)10-15-7-5-13(2)6-8-15/h5-8,14,16-18H,4,9-12,20H2,1-3H3. The molecule has 1 aliphatic heterocycles. The zero-order chi connectivity index (χ0) is 17.5. The van der Waals surface area contributed by atoms with Crippen molar-refractivity contribution in [2.75, 3.05) is 19.8 Å². The molecule has 0 spiro atoms. The summed E-state index contributed by atoms with van der Waals surface area (Å²) in [6.45, 7) is 7.29. The number of rotatable bonds is 5. The summed E-state index contributed by atoms with van der Waals surface area (Å²) in [5.41, 5.74) is 8.22. The summed E-state index contributed by atoms with van der Waals surface area (Å²) in [7, 11) is 0. The molecule has 1 aromatic carbocycles. The van der Waals surface area contributed by atoms with Crippen molar-refractivity contribution in [2.45, 2.75) is 51.9 Å². The third kappa shape index (κ3) is 5.30. The van der Waals surface area contributed by atoms with Gasteiger partial charge in [0.25, 0.3) is 0 Å². The average Bonchev–Trinajstić information content (AvgIpc) is 2.60. The number of esters is 1. The van der Waals surface area contributed by atoms with E-state index >= 15 is 0 Å². The molecule has 1 heterocycles. The summed E-state index contributed by atoms with van der Waals surface area (Å²) in [5.74, 6) is -0.388. The molecule has 1 aliphatic rings. The molecule has 4 unspecified atom stereocenters. The monoisotopic (exact) mass is 335 g/mol. The molecular formula is C19H29NO4. The summed E-state index contributed by atoms with van der Waals surface area (Å²) in [6.07, 6.45) is 1.29. The minimum atomic E-state index is -0.739. The van der Waals surface area contributed by atoms with E-state index in [0.717, 1.165) is 12.8 Å². The molecule has 5 nitrogen and oxygen atoms in total. The van der Waals surface area contributed by atoms with Crippen LogP contribution in [0.25, 0.3) is 0 Å². The molecule has 134 valence electrons. The van der Waals surface area contributed by atoms with Gasteiger partial charge in [-0.05, 0) is 32.3 Å². The number of hydrogen-bond donors (Lipinski definition) is 1. The third-order valence-corrected chi connectivity index (χ3v) is 4.39. The minimum absolute atomic E-state index is 0.0218. The van der Waals surface area contributed by atoms with Gasteiger partial charge in [0.15, 0.2) is 0 Å². The van der Waals surface area contributed by atoms with Gasteiger partial charge in [0.2, 0.25) is 0 Å². The highest BCUT2D eigenvalue weighted by Crippen LogP contribution is 2.24. The highest BCUT2D eigenvalue weighted by Gasteiger charge is 2.33. The van der Waals surface area contributed by atoms with Crippen LogP contribution >= 0.6 is 0 Å².